The Kier molecular flexibility index (Phi) is 5.14. The molecule has 2 aliphatic heterocycles. The molecule has 2 aromatic heterocycles. The molecular weight excluding hydrogens is 430 g/mol. The molecule has 1 fully saturated rings. The van der Waals surface area contributed by atoms with Crippen LogP contribution >= 0.6 is 0 Å². The van der Waals surface area contributed by atoms with E-state index in [1.54, 1.807) is 22.9 Å². The number of hydrogen-bond donors (Lipinski definition) is 1. The van der Waals surface area contributed by atoms with E-state index in [1.807, 2.05) is 36.2 Å². The lowest BCUT2D eigenvalue weighted by Gasteiger charge is -2.34. The van der Waals surface area contributed by atoms with Crippen molar-refractivity contribution in [3.8, 4) is 5.82 Å². The molecule has 1 saturated heterocycles. The molecule has 2 aliphatic rings. The molecular formula is C21H23N7O3S. The first kappa shape index (κ1) is 20.6. The molecule has 32 heavy (non-hydrogen) atoms. The van der Waals surface area contributed by atoms with Crippen molar-refractivity contribution in [2.75, 3.05) is 36.4 Å². The zero-order valence-electron chi connectivity index (χ0n) is 17.6. The average Bonchev–Trinajstić information content (AvgIpc) is 3.25. The van der Waals surface area contributed by atoms with Crippen LogP contribution in [0.4, 0.5) is 11.5 Å². The van der Waals surface area contributed by atoms with E-state index < -0.39 is 10.0 Å². The van der Waals surface area contributed by atoms with E-state index in [-0.39, 0.29) is 10.8 Å². The minimum Gasteiger partial charge on any atom is -0.352 e. The summed E-state index contributed by atoms with van der Waals surface area (Å²) in [5, 5.41) is 15.7. The van der Waals surface area contributed by atoms with Crippen molar-refractivity contribution < 1.29 is 13.2 Å². The van der Waals surface area contributed by atoms with Crippen LogP contribution < -0.4 is 10.2 Å². The summed E-state index contributed by atoms with van der Waals surface area (Å²) in [4.78, 5) is 13.8. The number of amides is 1. The third kappa shape index (κ3) is 3.84. The highest BCUT2D eigenvalue weighted by atomic mass is 32.2. The van der Waals surface area contributed by atoms with Crippen LogP contribution in [0.5, 0.6) is 0 Å². The van der Waals surface area contributed by atoms with E-state index in [9.17, 15) is 13.2 Å². The molecule has 3 aromatic rings. The van der Waals surface area contributed by atoms with E-state index in [0.29, 0.717) is 56.3 Å². The van der Waals surface area contributed by atoms with Crippen LogP contribution in [0.2, 0.25) is 0 Å². The summed E-state index contributed by atoms with van der Waals surface area (Å²) in [7, 11) is -3.61. The van der Waals surface area contributed by atoms with Gasteiger partial charge in [-0.05, 0) is 55.3 Å². The smallest absolute Gasteiger partial charge is 0.243 e. The minimum absolute atomic E-state index is 0.0416. The van der Waals surface area contributed by atoms with Crippen LogP contribution in [0.3, 0.4) is 0 Å². The maximum atomic E-state index is 13.2. The van der Waals surface area contributed by atoms with Crippen LogP contribution in [0.15, 0.2) is 47.5 Å². The van der Waals surface area contributed by atoms with E-state index in [1.165, 1.54) is 4.31 Å². The fraction of sp³-hybridized carbons (Fsp3) is 0.333. The number of sulfonamides is 1. The van der Waals surface area contributed by atoms with Gasteiger partial charge in [0, 0.05) is 44.5 Å². The maximum Gasteiger partial charge on any atom is 0.243 e. The lowest BCUT2D eigenvalue weighted by atomic mass is 10.0. The van der Waals surface area contributed by atoms with Gasteiger partial charge < -0.3 is 10.2 Å². The van der Waals surface area contributed by atoms with Crippen molar-refractivity contribution in [2.45, 2.75) is 24.7 Å². The number of aromatic nitrogens is 4. The molecule has 0 atom stereocenters. The summed E-state index contributed by atoms with van der Waals surface area (Å²) in [6.07, 6.45) is 2.75. The van der Waals surface area contributed by atoms with Crippen molar-refractivity contribution in [3.05, 3.63) is 53.9 Å². The Morgan fingerprint density at radius 3 is 2.38 bits per heavy atom. The monoisotopic (exact) mass is 453 g/mol. The fourth-order valence-corrected chi connectivity index (χ4v) is 5.45. The highest BCUT2D eigenvalue weighted by Gasteiger charge is 2.30. The Labute approximate surface area is 185 Å². The second-order valence-electron chi connectivity index (χ2n) is 7.91. The number of aryl methyl sites for hydroxylation is 2. The topological polar surface area (TPSA) is 113 Å². The molecule has 0 saturated carbocycles. The molecule has 0 bridgehead atoms. The maximum absolute atomic E-state index is 13.2. The molecule has 1 amide bonds. The van der Waals surface area contributed by atoms with Crippen molar-refractivity contribution >= 4 is 27.4 Å². The van der Waals surface area contributed by atoms with Gasteiger partial charge in [0.05, 0.1) is 10.6 Å². The zero-order valence-corrected chi connectivity index (χ0v) is 18.4. The number of nitrogens with zero attached hydrogens (tertiary/aromatic N) is 6. The molecule has 4 heterocycles. The Bertz CT molecular complexity index is 1260. The molecule has 0 aliphatic carbocycles. The van der Waals surface area contributed by atoms with Gasteiger partial charge in [0.1, 0.15) is 0 Å². The average molecular weight is 454 g/mol. The molecule has 1 N–H and O–H groups in total. The number of benzene rings is 1. The molecule has 5 rings (SSSR count). The van der Waals surface area contributed by atoms with E-state index >= 15 is 0 Å². The highest BCUT2D eigenvalue weighted by Crippen LogP contribution is 2.27. The Morgan fingerprint density at radius 2 is 1.69 bits per heavy atom. The van der Waals surface area contributed by atoms with Crippen molar-refractivity contribution in [2.24, 2.45) is 0 Å². The molecule has 11 heteroatoms. The third-order valence-corrected chi connectivity index (χ3v) is 7.66. The van der Waals surface area contributed by atoms with Gasteiger partial charge in [-0.15, -0.1) is 10.2 Å². The number of fused-ring (bicyclic) bond motifs is 1. The second-order valence-corrected chi connectivity index (χ2v) is 9.85. The number of nitrogens with one attached hydrogen (secondary N) is 1. The van der Waals surface area contributed by atoms with Crippen molar-refractivity contribution in [1.82, 2.24) is 24.3 Å². The zero-order chi connectivity index (χ0) is 22.3. The van der Waals surface area contributed by atoms with Crippen LogP contribution in [-0.2, 0) is 21.2 Å². The number of carbonyl (C=O) groups excluding carboxylic acids is 1. The largest absolute Gasteiger partial charge is 0.352 e. The molecule has 0 unspecified atom stereocenters. The third-order valence-electron chi connectivity index (χ3n) is 5.77. The normalized spacial score (nSPS) is 17.2. The summed E-state index contributed by atoms with van der Waals surface area (Å²) in [5.41, 5.74) is 2.45. The molecule has 1 aromatic carbocycles. The predicted octanol–water partition coefficient (Wildman–Crippen LogP) is 1.37. The summed E-state index contributed by atoms with van der Waals surface area (Å²) >= 11 is 0. The first-order chi connectivity index (χ1) is 15.4. The Morgan fingerprint density at radius 1 is 0.938 bits per heavy atom. The van der Waals surface area contributed by atoms with Crippen molar-refractivity contribution in [1.29, 1.82) is 0 Å². The van der Waals surface area contributed by atoms with E-state index in [2.05, 4.69) is 20.6 Å². The van der Waals surface area contributed by atoms with Crippen LogP contribution in [-0.4, -0.2) is 64.8 Å². The van der Waals surface area contributed by atoms with Crippen molar-refractivity contribution in [3.63, 3.8) is 0 Å². The number of piperazine rings is 1. The first-order valence-electron chi connectivity index (χ1n) is 10.4. The van der Waals surface area contributed by atoms with Gasteiger partial charge in [-0.1, -0.05) is 0 Å². The number of rotatable bonds is 4. The molecule has 0 radical (unpaired) electrons. The number of hydrogen-bond acceptors (Lipinski definition) is 7. The standard InChI is InChI=1S/C21H23N7O3S/c1-15-8-9-28(25-15)20-6-5-19(23-24-20)26-10-12-27(13-11-26)32(30,31)17-3-4-18-16(14-17)2-7-21(29)22-18/h3-6,8-9,14H,2,7,10-13H2,1H3,(H,22,29). The van der Waals surface area contributed by atoms with Crippen LogP contribution in [0.1, 0.15) is 17.7 Å². The van der Waals surface area contributed by atoms with E-state index in [4.69, 9.17) is 0 Å². The van der Waals surface area contributed by atoms with Gasteiger partial charge >= 0.3 is 0 Å². The van der Waals surface area contributed by atoms with Gasteiger partial charge in [-0.3, -0.25) is 4.79 Å². The van der Waals surface area contributed by atoms with Gasteiger partial charge in [0.15, 0.2) is 11.6 Å². The highest BCUT2D eigenvalue weighted by molar-refractivity contribution is 7.89. The predicted molar refractivity (Wildman–Crippen MR) is 118 cm³/mol. The molecule has 10 nitrogen and oxygen atoms in total. The number of anilines is 2. The van der Waals surface area contributed by atoms with Gasteiger partial charge in [0.2, 0.25) is 15.9 Å². The van der Waals surface area contributed by atoms with Gasteiger partial charge in [0.25, 0.3) is 0 Å². The van der Waals surface area contributed by atoms with Crippen LogP contribution in [0, 0.1) is 6.92 Å². The van der Waals surface area contributed by atoms with Gasteiger partial charge in [-0.2, -0.15) is 9.40 Å². The Balaban J connectivity index is 1.26. The quantitative estimate of drug-likeness (QED) is 0.635. The second kappa shape index (κ2) is 7.99. The Hall–Kier alpha value is -3.31. The molecule has 166 valence electrons. The fourth-order valence-electron chi connectivity index (χ4n) is 3.98. The first-order valence-corrected chi connectivity index (χ1v) is 11.9. The van der Waals surface area contributed by atoms with E-state index in [0.717, 1.165) is 11.3 Å². The van der Waals surface area contributed by atoms with Crippen LogP contribution in [0.25, 0.3) is 5.82 Å². The lowest BCUT2D eigenvalue weighted by Crippen LogP contribution is -2.49. The lowest BCUT2D eigenvalue weighted by molar-refractivity contribution is -0.116. The minimum atomic E-state index is -3.61. The summed E-state index contributed by atoms with van der Waals surface area (Å²) < 4.78 is 29.5. The SMILES string of the molecule is Cc1ccn(-c2ccc(N3CCN(S(=O)(=O)c4ccc5c(c4)CCC(=O)N5)CC3)nn2)n1. The van der Waals surface area contributed by atoms with Gasteiger partial charge in [-0.25, -0.2) is 13.1 Å². The summed E-state index contributed by atoms with van der Waals surface area (Å²) in [5.74, 6) is 1.30. The summed E-state index contributed by atoms with van der Waals surface area (Å²) in [6, 6.07) is 10.5. The number of carbonyl (C=O) groups is 1. The summed E-state index contributed by atoms with van der Waals surface area (Å²) in [6.45, 7) is 3.67. The molecule has 0 spiro atoms.